The van der Waals surface area contributed by atoms with E-state index in [1.807, 2.05) is 30.2 Å². The highest BCUT2D eigenvalue weighted by molar-refractivity contribution is 5.74. The number of aryl methyl sites for hydroxylation is 1. The Kier molecular flexibility index (Phi) is 5.57. The van der Waals surface area contributed by atoms with Gasteiger partial charge in [-0.1, -0.05) is 19.3 Å². The lowest BCUT2D eigenvalue weighted by atomic mass is 9.96. The van der Waals surface area contributed by atoms with Crippen molar-refractivity contribution >= 4 is 17.2 Å². The van der Waals surface area contributed by atoms with Crippen molar-refractivity contribution in [1.29, 1.82) is 0 Å². The molecule has 2 aromatic rings. The molecule has 3 heterocycles. The second-order valence-corrected chi connectivity index (χ2v) is 7.77. The van der Waals surface area contributed by atoms with Crippen molar-refractivity contribution in [3.05, 3.63) is 24.2 Å². The molecule has 2 amide bonds. The lowest BCUT2D eigenvalue weighted by Gasteiger charge is -2.36. The van der Waals surface area contributed by atoms with Crippen LogP contribution in [-0.2, 0) is 6.54 Å². The molecule has 2 aliphatic rings. The van der Waals surface area contributed by atoms with Gasteiger partial charge in [0, 0.05) is 51.5 Å². The molecule has 7 nitrogen and oxygen atoms in total. The largest absolute Gasteiger partial charge is 0.335 e. The highest BCUT2D eigenvalue weighted by atomic mass is 16.2. The van der Waals surface area contributed by atoms with E-state index in [0.717, 1.165) is 69.1 Å². The molecule has 2 aromatic heterocycles. The topological polar surface area (TPSA) is 66.3 Å². The van der Waals surface area contributed by atoms with Gasteiger partial charge in [0.05, 0.1) is 0 Å². The SMILES string of the molecule is Cc1nc2cccnc2n1CCN1CCN(C(=O)NC2CCCCC2)CC1. The Balaban J connectivity index is 1.25. The monoisotopic (exact) mass is 370 g/mol. The number of carbonyl (C=O) groups is 1. The Labute approximate surface area is 160 Å². The first-order chi connectivity index (χ1) is 13.2. The van der Waals surface area contributed by atoms with Crippen LogP contribution < -0.4 is 5.32 Å². The van der Waals surface area contributed by atoms with Crippen molar-refractivity contribution in [2.75, 3.05) is 32.7 Å². The maximum atomic E-state index is 12.5. The van der Waals surface area contributed by atoms with Gasteiger partial charge in [0.25, 0.3) is 0 Å². The van der Waals surface area contributed by atoms with Crippen molar-refractivity contribution in [1.82, 2.24) is 29.7 Å². The minimum Gasteiger partial charge on any atom is -0.335 e. The first-order valence-corrected chi connectivity index (χ1v) is 10.3. The Hall–Kier alpha value is -2.15. The molecular weight excluding hydrogens is 340 g/mol. The van der Waals surface area contributed by atoms with Crippen LogP contribution in [-0.4, -0.2) is 69.1 Å². The zero-order valence-corrected chi connectivity index (χ0v) is 16.2. The molecule has 0 atom stereocenters. The minimum atomic E-state index is 0.127. The van der Waals surface area contributed by atoms with Gasteiger partial charge in [-0.05, 0) is 31.9 Å². The van der Waals surface area contributed by atoms with Gasteiger partial charge >= 0.3 is 6.03 Å². The summed E-state index contributed by atoms with van der Waals surface area (Å²) in [5, 5.41) is 3.23. The molecule has 1 N–H and O–H groups in total. The number of amides is 2. The summed E-state index contributed by atoms with van der Waals surface area (Å²) >= 11 is 0. The standard InChI is InChI=1S/C20H30N6O/c1-16-22-18-8-5-9-21-19(18)26(16)15-12-24-10-13-25(14-11-24)20(27)23-17-6-3-2-4-7-17/h5,8-9,17H,2-4,6-7,10-15H2,1H3,(H,23,27). The van der Waals surface area contributed by atoms with Crippen molar-refractivity contribution in [3.8, 4) is 0 Å². The Morgan fingerprint density at radius 2 is 1.93 bits per heavy atom. The molecule has 27 heavy (non-hydrogen) atoms. The van der Waals surface area contributed by atoms with E-state index >= 15 is 0 Å². The average Bonchev–Trinajstić information content (AvgIpc) is 3.02. The van der Waals surface area contributed by atoms with Crippen LogP contribution >= 0.6 is 0 Å². The third-order valence-corrected chi connectivity index (χ3v) is 5.93. The molecule has 0 spiro atoms. The first kappa shape index (κ1) is 18.2. The number of hydrogen-bond acceptors (Lipinski definition) is 4. The number of nitrogens with one attached hydrogen (secondary N) is 1. The van der Waals surface area contributed by atoms with Gasteiger partial charge < -0.3 is 14.8 Å². The number of hydrogen-bond donors (Lipinski definition) is 1. The quantitative estimate of drug-likeness (QED) is 0.897. The van der Waals surface area contributed by atoms with Crippen molar-refractivity contribution < 1.29 is 4.79 Å². The highest BCUT2D eigenvalue weighted by Gasteiger charge is 2.24. The van der Waals surface area contributed by atoms with E-state index < -0.39 is 0 Å². The smallest absolute Gasteiger partial charge is 0.317 e. The summed E-state index contributed by atoms with van der Waals surface area (Å²) in [4.78, 5) is 26.0. The molecule has 2 fully saturated rings. The maximum Gasteiger partial charge on any atom is 0.317 e. The van der Waals surface area contributed by atoms with Crippen LogP contribution in [0.3, 0.4) is 0 Å². The summed E-state index contributed by atoms with van der Waals surface area (Å²) in [6.07, 6.45) is 7.90. The van der Waals surface area contributed by atoms with Gasteiger partial charge in [0.1, 0.15) is 11.3 Å². The molecule has 0 unspecified atom stereocenters. The normalized spacial score (nSPS) is 19.5. The Morgan fingerprint density at radius 1 is 1.15 bits per heavy atom. The van der Waals surface area contributed by atoms with Crippen LogP contribution in [0.5, 0.6) is 0 Å². The van der Waals surface area contributed by atoms with E-state index in [-0.39, 0.29) is 6.03 Å². The van der Waals surface area contributed by atoms with Crippen LogP contribution in [0.1, 0.15) is 37.9 Å². The lowest BCUT2D eigenvalue weighted by Crippen LogP contribution is -2.54. The molecule has 0 aromatic carbocycles. The zero-order chi connectivity index (χ0) is 18.6. The van der Waals surface area contributed by atoms with E-state index in [1.165, 1.54) is 19.3 Å². The molecule has 1 aliphatic heterocycles. The molecule has 0 bridgehead atoms. The van der Waals surface area contributed by atoms with Gasteiger partial charge in [-0.25, -0.2) is 14.8 Å². The van der Waals surface area contributed by atoms with Gasteiger partial charge in [-0.3, -0.25) is 4.90 Å². The van der Waals surface area contributed by atoms with Crippen LogP contribution in [0.25, 0.3) is 11.2 Å². The van der Waals surface area contributed by atoms with E-state index in [1.54, 1.807) is 0 Å². The number of carbonyl (C=O) groups excluding carboxylic acids is 1. The molecular formula is C20H30N6O. The van der Waals surface area contributed by atoms with Crippen LogP contribution in [0.4, 0.5) is 4.79 Å². The molecule has 4 rings (SSSR count). The number of imidazole rings is 1. The fourth-order valence-electron chi connectivity index (χ4n) is 4.27. The number of fused-ring (bicyclic) bond motifs is 1. The number of aromatic nitrogens is 3. The van der Waals surface area contributed by atoms with E-state index in [2.05, 4.69) is 24.8 Å². The number of piperazine rings is 1. The fraction of sp³-hybridized carbons (Fsp3) is 0.650. The summed E-state index contributed by atoms with van der Waals surface area (Å²) in [5.74, 6) is 1.01. The predicted octanol–water partition coefficient (Wildman–Crippen LogP) is 2.40. The van der Waals surface area contributed by atoms with Crippen LogP contribution in [0.2, 0.25) is 0 Å². The third kappa shape index (κ3) is 4.24. The predicted molar refractivity (Wildman–Crippen MR) is 106 cm³/mol. The fourth-order valence-corrected chi connectivity index (χ4v) is 4.27. The number of nitrogens with zero attached hydrogens (tertiary/aromatic N) is 5. The van der Waals surface area contributed by atoms with Crippen LogP contribution in [0, 0.1) is 6.92 Å². The van der Waals surface area contributed by atoms with Gasteiger partial charge in [0.15, 0.2) is 5.65 Å². The number of rotatable bonds is 4. The Morgan fingerprint density at radius 3 is 2.70 bits per heavy atom. The first-order valence-electron chi connectivity index (χ1n) is 10.3. The van der Waals surface area contributed by atoms with Crippen molar-refractivity contribution in [2.24, 2.45) is 0 Å². The lowest BCUT2D eigenvalue weighted by molar-refractivity contribution is 0.133. The van der Waals surface area contributed by atoms with E-state index in [9.17, 15) is 4.79 Å². The molecule has 0 radical (unpaired) electrons. The van der Waals surface area contributed by atoms with Crippen LogP contribution in [0.15, 0.2) is 18.3 Å². The number of urea groups is 1. The van der Waals surface area contributed by atoms with Crippen molar-refractivity contribution in [2.45, 2.75) is 51.6 Å². The van der Waals surface area contributed by atoms with Gasteiger partial charge in [-0.2, -0.15) is 0 Å². The summed E-state index contributed by atoms with van der Waals surface area (Å²) in [7, 11) is 0. The molecule has 7 heteroatoms. The van der Waals surface area contributed by atoms with Crippen molar-refractivity contribution in [3.63, 3.8) is 0 Å². The zero-order valence-electron chi connectivity index (χ0n) is 16.2. The second kappa shape index (κ2) is 8.25. The molecule has 1 saturated carbocycles. The van der Waals surface area contributed by atoms with E-state index in [0.29, 0.717) is 6.04 Å². The summed E-state index contributed by atoms with van der Waals surface area (Å²) in [6.45, 7) is 7.35. The average molecular weight is 371 g/mol. The molecule has 1 saturated heterocycles. The third-order valence-electron chi connectivity index (χ3n) is 5.93. The second-order valence-electron chi connectivity index (χ2n) is 7.77. The molecule has 1 aliphatic carbocycles. The van der Waals surface area contributed by atoms with Gasteiger partial charge in [-0.15, -0.1) is 0 Å². The Bertz CT molecular complexity index is 774. The summed E-state index contributed by atoms with van der Waals surface area (Å²) < 4.78 is 2.19. The molecule has 146 valence electrons. The summed E-state index contributed by atoms with van der Waals surface area (Å²) in [5.41, 5.74) is 1.92. The van der Waals surface area contributed by atoms with Gasteiger partial charge in [0.2, 0.25) is 0 Å². The number of pyridine rings is 1. The summed E-state index contributed by atoms with van der Waals surface area (Å²) in [6, 6.07) is 4.45. The minimum absolute atomic E-state index is 0.127. The highest BCUT2D eigenvalue weighted by Crippen LogP contribution is 2.18. The van der Waals surface area contributed by atoms with E-state index in [4.69, 9.17) is 0 Å². The maximum absolute atomic E-state index is 12.5.